The third kappa shape index (κ3) is 5.88. The van der Waals surface area contributed by atoms with Gasteiger partial charge in [-0.15, -0.1) is 0 Å². The molecule has 1 amide bonds. The number of ether oxygens (including phenoxy) is 3. The predicted molar refractivity (Wildman–Crippen MR) is 137 cm³/mol. The van der Waals surface area contributed by atoms with Crippen molar-refractivity contribution >= 4 is 35.2 Å². The van der Waals surface area contributed by atoms with Crippen LogP contribution < -0.4 is 10.2 Å². The number of amides is 1. The Labute approximate surface area is 215 Å². The second kappa shape index (κ2) is 12.0. The summed E-state index contributed by atoms with van der Waals surface area (Å²) < 4.78 is 15.6. The molecule has 0 aliphatic carbocycles. The summed E-state index contributed by atoms with van der Waals surface area (Å²) >= 11 is 0. The Morgan fingerprint density at radius 1 is 0.757 bits per heavy atom. The van der Waals surface area contributed by atoms with E-state index < -0.39 is 29.4 Å². The van der Waals surface area contributed by atoms with E-state index in [9.17, 15) is 19.2 Å². The van der Waals surface area contributed by atoms with E-state index >= 15 is 0 Å². The van der Waals surface area contributed by atoms with Crippen LogP contribution in [0.2, 0.25) is 0 Å². The maximum absolute atomic E-state index is 13.9. The lowest BCUT2D eigenvalue weighted by molar-refractivity contribution is -0.146. The maximum Gasteiger partial charge on any atom is 0.347 e. The van der Waals surface area contributed by atoms with Crippen LogP contribution in [-0.2, 0) is 33.4 Å². The number of carbonyl (C=O) groups is 4. The van der Waals surface area contributed by atoms with Gasteiger partial charge >= 0.3 is 17.9 Å². The molecule has 3 rings (SSSR count). The highest BCUT2D eigenvalue weighted by atomic mass is 16.6. The van der Waals surface area contributed by atoms with Crippen LogP contribution in [0, 0.1) is 13.8 Å². The Kier molecular flexibility index (Phi) is 8.84. The van der Waals surface area contributed by atoms with Gasteiger partial charge in [-0.25, -0.2) is 14.4 Å². The largest absolute Gasteiger partial charge is 0.462 e. The number of nitrogens with zero attached hydrogens (tertiary/aromatic N) is 1. The van der Waals surface area contributed by atoms with Crippen molar-refractivity contribution in [2.75, 3.05) is 30.0 Å². The molecule has 0 unspecified atom stereocenters. The minimum Gasteiger partial charge on any atom is -0.462 e. The van der Waals surface area contributed by atoms with Crippen molar-refractivity contribution in [2.45, 2.75) is 34.6 Å². The first-order valence-electron chi connectivity index (χ1n) is 12.0. The van der Waals surface area contributed by atoms with Crippen molar-refractivity contribution in [1.82, 2.24) is 0 Å². The molecular formula is C28H30N2O7. The molecule has 1 aliphatic heterocycles. The maximum atomic E-state index is 13.9. The third-order valence-electron chi connectivity index (χ3n) is 5.42. The Morgan fingerprint density at radius 3 is 1.73 bits per heavy atom. The number of hydrogen-bond acceptors (Lipinski definition) is 8. The molecule has 0 radical (unpaired) electrons. The molecule has 194 valence electrons. The summed E-state index contributed by atoms with van der Waals surface area (Å²) in [6, 6.07) is 14.0. The number of benzene rings is 2. The number of hydrogen-bond donors (Lipinski definition) is 1. The van der Waals surface area contributed by atoms with E-state index in [4.69, 9.17) is 14.2 Å². The molecule has 0 bridgehead atoms. The predicted octanol–water partition coefficient (Wildman–Crippen LogP) is 3.96. The van der Waals surface area contributed by atoms with Gasteiger partial charge in [0.1, 0.15) is 11.3 Å². The lowest BCUT2D eigenvalue weighted by Crippen LogP contribution is -2.32. The highest BCUT2D eigenvalue weighted by Gasteiger charge is 2.45. The molecular weight excluding hydrogens is 476 g/mol. The van der Waals surface area contributed by atoms with Crippen molar-refractivity contribution in [3.63, 3.8) is 0 Å². The summed E-state index contributed by atoms with van der Waals surface area (Å²) in [5.74, 6) is -3.60. The number of carbonyl (C=O) groups excluding carboxylic acids is 4. The molecule has 0 spiro atoms. The highest BCUT2D eigenvalue weighted by Crippen LogP contribution is 2.38. The van der Waals surface area contributed by atoms with E-state index in [0.29, 0.717) is 11.4 Å². The summed E-state index contributed by atoms with van der Waals surface area (Å²) in [6.45, 7) is 8.48. The molecule has 9 nitrogen and oxygen atoms in total. The first-order valence-corrected chi connectivity index (χ1v) is 12.0. The van der Waals surface area contributed by atoms with Gasteiger partial charge in [0.25, 0.3) is 5.91 Å². The fourth-order valence-electron chi connectivity index (χ4n) is 3.71. The Morgan fingerprint density at radius 2 is 1.24 bits per heavy atom. The first kappa shape index (κ1) is 27.2. The summed E-state index contributed by atoms with van der Waals surface area (Å²) in [4.78, 5) is 54.6. The van der Waals surface area contributed by atoms with Crippen molar-refractivity contribution < 1.29 is 33.4 Å². The molecule has 0 saturated carbocycles. The van der Waals surface area contributed by atoms with Gasteiger partial charge in [-0.05, 0) is 58.9 Å². The Balaban J connectivity index is 2.37. The van der Waals surface area contributed by atoms with Gasteiger partial charge in [-0.1, -0.05) is 35.4 Å². The topological polar surface area (TPSA) is 111 Å². The third-order valence-corrected chi connectivity index (χ3v) is 5.42. The molecule has 2 aromatic carbocycles. The van der Waals surface area contributed by atoms with Crippen LogP contribution >= 0.6 is 0 Å². The van der Waals surface area contributed by atoms with Crippen molar-refractivity contribution in [2.24, 2.45) is 0 Å². The standard InChI is InChI=1S/C28H30N2O7/c1-6-35-26(32)21-23(29-19-13-9-17(4)10-14-19)25(31)30(20-15-11-18(5)12-16-20)24(21)22(27(33)36-7-2)28(34)37-8-3/h9-16,29H,6-8H2,1-5H3. The van der Waals surface area contributed by atoms with Crippen molar-refractivity contribution in [1.29, 1.82) is 0 Å². The molecule has 0 aromatic heterocycles. The SMILES string of the molecule is CCOC(=O)C1=C(Nc2ccc(C)cc2)C(=O)N(c2ccc(C)cc2)C1=C(C(=O)OCC)C(=O)OCC. The van der Waals surface area contributed by atoms with Crippen LogP contribution in [0.1, 0.15) is 31.9 Å². The fourth-order valence-corrected chi connectivity index (χ4v) is 3.71. The second-order valence-electron chi connectivity index (χ2n) is 8.10. The molecule has 1 heterocycles. The highest BCUT2D eigenvalue weighted by molar-refractivity contribution is 6.26. The van der Waals surface area contributed by atoms with Gasteiger partial charge in [0.15, 0.2) is 5.57 Å². The van der Waals surface area contributed by atoms with Gasteiger partial charge in [-0.3, -0.25) is 9.69 Å². The van der Waals surface area contributed by atoms with E-state index in [1.54, 1.807) is 57.2 Å². The molecule has 9 heteroatoms. The molecule has 0 fully saturated rings. The average molecular weight is 507 g/mol. The van der Waals surface area contributed by atoms with Gasteiger partial charge in [0.2, 0.25) is 0 Å². The van der Waals surface area contributed by atoms with Crippen molar-refractivity contribution in [3.05, 3.63) is 82.2 Å². The van der Waals surface area contributed by atoms with E-state index in [2.05, 4.69) is 5.32 Å². The number of nitrogens with one attached hydrogen (secondary N) is 1. The van der Waals surface area contributed by atoms with E-state index in [0.717, 1.165) is 16.0 Å². The van der Waals surface area contributed by atoms with Crippen LogP contribution in [0.25, 0.3) is 0 Å². The normalized spacial score (nSPS) is 12.9. The Hall–Kier alpha value is -4.40. The van der Waals surface area contributed by atoms with Gasteiger partial charge < -0.3 is 19.5 Å². The molecule has 1 aliphatic rings. The summed E-state index contributed by atoms with van der Waals surface area (Å²) in [5.41, 5.74) is 1.51. The zero-order chi connectivity index (χ0) is 27.1. The van der Waals surface area contributed by atoms with Crippen LogP contribution in [-0.4, -0.2) is 43.6 Å². The summed E-state index contributed by atoms with van der Waals surface area (Å²) in [6.07, 6.45) is 0. The second-order valence-corrected chi connectivity index (χ2v) is 8.10. The zero-order valence-corrected chi connectivity index (χ0v) is 21.5. The van der Waals surface area contributed by atoms with Crippen LogP contribution in [0.3, 0.4) is 0 Å². The van der Waals surface area contributed by atoms with Crippen LogP contribution in [0.15, 0.2) is 71.1 Å². The molecule has 0 atom stereocenters. The molecule has 1 N–H and O–H groups in total. The minimum atomic E-state index is -1.03. The van der Waals surface area contributed by atoms with Gasteiger partial charge in [-0.2, -0.15) is 0 Å². The lowest BCUT2D eigenvalue weighted by atomic mass is 10.1. The number of esters is 3. The number of aryl methyl sites for hydroxylation is 2. The summed E-state index contributed by atoms with van der Waals surface area (Å²) in [5, 5.41) is 2.99. The van der Waals surface area contributed by atoms with E-state index in [1.165, 1.54) is 0 Å². The first-order chi connectivity index (χ1) is 17.7. The van der Waals surface area contributed by atoms with Crippen molar-refractivity contribution in [3.8, 4) is 0 Å². The minimum absolute atomic E-state index is 0.000291. The van der Waals surface area contributed by atoms with Crippen LogP contribution in [0.4, 0.5) is 11.4 Å². The Bertz CT molecular complexity index is 1240. The molecule has 0 saturated heterocycles. The summed E-state index contributed by atoms with van der Waals surface area (Å²) in [7, 11) is 0. The van der Waals surface area contributed by atoms with Gasteiger partial charge in [0, 0.05) is 11.4 Å². The molecule has 37 heavy (non-hydrogen) atoms. The van der Waals surface area contributed by atoms with E-state index in [-0.39, 0.29) is 36.8 Å². The quantitative estimate of drug-likeness (QED) is 0.179. The average Bonchev–Trinajstić information content (AvgIpc) is 3.13. The smallest absolute Gasteiger partial charge is 0.347 e. The van der Waals surface area contributed by atoms with E-state index in [1.807, 2.05) is 26.0 Å². The zero-order valence-electron chi connectivity index (χ0n) is 21.5. The number of anilines is 2. The van der Waals surface area contributed by atoms with Gasteiger partial charge in [0.05, 0.1) is 25.5 Å². The number of rotatable bonds is 9. The van der Waals surface area contributed by atoms with Crippen LogP contribution in [0.5, 0.6) is 0 Å². The monoisotopic (exact) mass is 506 g/mol. The fraction of sp³-hybridized carbons (Fsp3) is 0.286. The lowest BCUT2D eigenvalue weighted by Gasteiger charge is -2.22. The molecule has 2 aromatic rings.